The molecule has 1 unspecified atom stereocenters. The first-order valence-electron chi connectivity index (χ1n) is 13.2. The van der Waals surface area contributed by atoms with Crippen molar-refractivity contribution < 1.29 is 4.79 Å². The van der Waals surface area contributed by atoms with E-state index in [4.69, 9.17) is 0 Å². The minimum atomic E-state index is -0.314. The quantitative estimate of drug-likeness (QED) is 0.695. The molecule has 1 aromatic heterocycles. The van der Waals surface area contributed by atoms with Crippen molar-refractivity contribution in [3.8, 4) is 0 Å². The molecule has 2 aliphatic carbocycles. The molecular formula is C29H36N4O2. The van der Waals surface area contributed by atoms with Gasteiger partial charge in [0, 0.05) is 51.0 Å². The Bertz CT molecular complexity index is 1180. The average molecular weight is 473 g/mol. The second kappa shape index (κ2) is 9.07. The Kier molecular flexibility index (Phi) is 5.89. The van der Waals surface area contributed by atoms with Crippen LogP contribution in [0.5, 0.6) is 0 Å². The number of aromatic amines is 1. The van der Waals surface area contributed by atoms with E-state index in [1.807, 2.05) is 6.07 Å². The van der Waals surface area contributed by atoms with Gasteiger partial charge in [-0.05, 0) is 61.6 Å². The number of H-pyrrole nitrogens is 1. The number of nitrogens with one attached hydrogen (secondary N) is 1. The molecule has 3 atom stereocenters. The summed E-state index contributed by atoms with van der Waals surface area (Å²) in [6, 6.07) is 14.3. The lowest BCUT2D eigenvalue weighted by Gasteiger charge is -2.59. The molecule has 35 heavy (non-hydrogen) atoms. The largest absolute Gasteiger partial charge is 0.331 e. The molecule has 2 aliphatic heterocycles. The molecule has 3 heterocycles. The number of hydrogen-bond acceptors (Lipinski definition) is 4. The summed E-state index contributed by atoms with van der Waals surface area (Å²) < 4.78 is 0. The molecule has 6 nitrogen and oxygen atoms in total. The van der Waals surface area contributed by atoms with Gasteiger partial charge in [-0.15, -0.1) is 0 Å². The van der Waals surface area contributed by atoms with E-state index < -0.39 is 0 Å². The standard InChI is InChI=1S/C29H36N4O2/c1-21-16-23-17-26-25(9-10-27(34)30-26)29(18-21)24(23)8-5-11-33(29)28(35)20-32-14-12-31(13-15-32)19-22-6-3-2-4-7-22/h2-4,6-7,9-10,16,23-24H,5,8,11-15,17-20H2,1H3,(H,30,34)/t23?,24-,29-/m1/s1. The summed E-state index contributed by atoms with van der Waals surface area (Å²) in [4.78, 5) is 36.3. The van der Waals surface area contributed by atoms with Gasteiger partial charge in [-0.1, -0.05) is 42.0 Å². The minimum Gasteiger partial charge on any atom is -0.331 e. The van der Waals surface area contributed by atoms with E-state index in [1.54, 1.807) is 6.07 Å². The highest BCUT2D eigenvalue weighted by Crippen LogP contribution is 2.56. The van der Waals surface area contributed by atoms with Crippen LogP contribution in [0.1, 0.15) is 43.0 Å². The molecule has 6 rings (SSSR count). The predicted octanol–water partition coefficient (Wildman–Crippen LogP) is 3.15. The Morgan fingerprint density at radius 3 is 2.60 bits per heavy atom. The number of fused-ring (bicyclic) bond motifs is 1. The van der Waals surface area contributed by atoms with E-state index >= 15 is 0 Å². The highest BCUT2D eigenvalue weighted by Gasteiger charge is 2.56. The smallest absolute Gasteiger partial charge is 0.248 e. The van der Waals surface area contributed by atoms with Crippen molar-refractivity contribution >= 4 is 5.91 Å². The Morgan fingerprint density at radius 1 is 1.03 bits per heavy atom. The van der Waals surface area contributed by atoms with Gasteiger partial charge in [-0.25, -0.2) is 0 Å². The maximum Gasteiger partial charge on any atom is 0.248 e. The van der Waals surface area contributed by atoms with Gasteiger partial charge in [0.2, 0.25) is 11.5 Å². The molecule has 184 valence electrons. The van der Waals surface area contributed by atoms with Crippen molar-refractivity contribution in [1.82, 2.24) is 19.7 Å². The number of amides is 1. The second-order valence-corrected chi connectivity index (χ2v) is 11.0. The Labute approximate surface area is 207 Å². The minimum absolute atomic E-state index is 0.0422. The Hall–Kier alpha value is -2.70. The molecule has 0 spiro atoms. The number of benzene rings is 1. The molecule has 4 aliphatic rings. The summed E-state index contributed by atoms with van der Waals surface area (Å²) in [5.41, 5.74) is 4.59. The number of nitrogens with zero attached hydrogens (tertiary/aromatic N) is 3. The van der Waals surface area contributed by atoms with Crippen molar-refractivity contribution in [2.45, 2.75) is 44.7 Å². The van der Waals surface area contributed by atoms with Gasteiger partial charge in [0.05, 0.1) is 12.1 Å². The zero-order chi connectivity index (χ0) is 24.0. The van der Waals surface area contributed by atoms with Gasteiger partial charge in [0.25, 0.3) is 0 Å². The third kappa shape index (κ3) is 4.07. The molecule has 1 aromatic carbocycles. The van der Waals surface area contributed by atoms with Gasteiger partial charge >= 0.3 is 0 Å². The number of allylic oxidation sites excluding steroid dienone is 1. The van der Waals surface area contributed by atoms with E-state index in [-0.39, 0.29) is 17.0 Å². The number of hydrogen-bond donors (Lipinski definition) is 1. The Balaban J connectivity index is 1.20. The van der Waals surface area contributed by atoms with E-state index in [0.717, 1.165) is 70.6 Å². The fourth-order valence-electron chi connectivity index (χ4n) is 7.40. The zero-order valence-corrected chi connectivity index (χ0v) is 20.7. The molecule has 1 N–H and O–H groups in total. The van der Waals surface area contributed by atoms with Crippen molar-refractivity contribution in [2.24, 2.45) is 11.8 Å². The first-order chi connectivity index (χ1) is 17.0. The Morgan fingerprint density at radius 2 is 1.80 bits per heavy atom. The lowest BCUT2D eigenvalue weighted by atomic mass is 9.56. The number of piperazine rings is 1. The number of pyridine rings is 1. The van der Waals surface area contributed by atoms with Crippen LogP contribution in [0.4, 0.5) is 0 Å². The SMILES string of the molecule is CC1=CC2Cc3[nH]c(=O)ccc3[C@@]3(C1)[C@@H]2CCCN3C(=O)CN1CCN(Cc2ccccc2)CC1. The number of piperidine rings is 1. The van der Waals surface area contributed by atoms with Crippen LogP contribution in [-0.2, 0) is 23.3 Å². The van der Waals surface area contributed by atoms with E-state index in [9.17, 15) is 9.59 Å². The summed E-state index contributed by atoms with van der Waals surface area (Å²) in [5.74, 6) is 1.08. The van der Waals surface area contributed by atoms with Crippen LogP contribution in [0.25, 0.3) is 0 Å². The van der Waals surface area contributed by atoms with Gasteiger partial charge in [-0.2, -0.15) is 0 Å². The topological polar surface area (TPSA) is 59.7 Å². The van der Waals surface area contributed by atoms with Gasteiger partial charge in [0.15, 0.2) is 0 Å². The highest BCUT2D eigenvalue weighted by atomic mass is 16.2. The molecule has 0 radical (unpaired) electrons. The fourth-order valence-corrected chi connectivity index (χ4v) is 7.40. The maximum atomic E-state index is 14.0. The molecule has 2 saturated heterocycles. The van der Waals surface area contributed by atoms with Crippen molar-refractivity contribution in [2.75, 3.05) is 39.3 Å². The lowest BCUT2D eigenvalue weighted by Crippen LogP contribution is -2.63. The second-order valence-electron chi connectivity index (χ2n) is 11.0. The fraction of sp³-hybridized carbons (Fsp3) is 0.517. The van der Waals surface area contributed by atoms with Crippen LogP contribution in [0.2, 0.25) is 0 Å². The van der Waals surface area contributed by atoms with Crippen molar-refractivity contribution in [3.63, 3.8) is 0 Å². The van der Waals surface area contributed by atoms with Crippen LogP contribution < -0.4 is 5.56 Å². The summed E-state index contributed by atoms with van der Waals surface area (Å²) in [6.45, 7) is 8.31. The van der Waals surface area contributed by atoms with Gasteiger partial charge in [0.1, 0.15) is 0 Å². The first kappa shape index (κ1) is 22.7. The van der Waals surface area contributed by atoms with Gasteiger partial charge in [-0.3, -0.25) is 19.4 Å². The average Bonchev–Trinajstić information content (AvgIpc) is 2.85. The van der Waals surface area contributed by atoms with Gasteiger partial charge < -0.3 is 9.88 Å². The number of carbonyl (C=O) groups is 1. The molecule has 0 saturated carbocycles. The van der Waals surface area contributed by atoms with E-state index in [2.05, 4.69) is 63.0 Å². The molecule has 2 aromatic rings. The number of likely N-dealkylation sites (tertiary alicyclic amines) is 1. The summed E-state index contributed by atoms with van der Waals surface area (Å²) in [5, 5.41) is 0. The summed E-state index contributed by atoms with van der Waals surface area (Å²) >= 11 is 0. The molecule has 6 heteroatoms. The van der Waals surface area contributed by atoms with Crippen LogP contribution in [0.15, 0.2) is 58.9 Å². The summed E-state index contributed by atoms with van der Waals surface area (Å²) in [7, 11) is 0. The maximum absolute atomic E-state index is 14.0. The van der Waals surface area contributed by atoms with Crippen LogP contribution in [-0.4, -0.2) is 64.9 Å². The van der Waals surface area contributed by atoms with Crippen LogP contribution in [0.3, 0.4) is 0 Å². The lowest BCUT2D eigenvalue weighted by molar-refractivity contribution is -0.149. The van der Waals surface area contributed by atoms with Crippen molar-refractivity contribution in [3.05, 3.63) is 81.3 Å². The summed E-state index contributed by atoms with van der Waals surface area (Å²) in [6.07, 6.45) is 6.38. The van der Waals surface area contributed by atoms with Crippen molar-refractivity contribution in [1.29, 1.82) is 0 Å². The predicted molar refractivity (Wildman–Crippen MR) is 137 cm³/mol. The van der Waals surface area contributed by atoms with E-state index in [1.165, 1.54) is 16.7 Å². The third-order valence-electron chi connectivity index (χ3n) is 8.84. The first-order valence-corrected chi connectivity index (χ1v) is 13.2. The van der Waals surface area contributed by atoms with E-state index in [0.29, 0.717) is 18.4 Å². The highest BCUT2D eigenvalue weighted by molar-refractivity contribution is 5.80. The monoisotopic (exact) mass is 472 g/mol. The molecular weight excluding hydrogens is 436 g/mol. The number of carbonyl (C=O) groups excluding carboxylic acids is 1. The number of aromatic nitrogens is 1. The number of rotatable bonds is 4. The molecule has 2 bridgehead atoms. The van der Waals surface area contributed by atoms with Crippen LogP contribution in [0, 0.1) is 11.8 Å². The van der Waals surface area contributed by atoms with Crippen LogP contribution >= 0.6 is 0 Å². The molecule has 1 amide bonds. The zero-order valence-electron chi connectivity index (χ0n) is 20.7. The third-order valence-corrected chi connectivity index (χ3v) is 8.84. The molecule has 2 fully saturated rings. The normalized spacial score (nSPS) is 28.7.